The summed E-state index contributed by atoms with van der Waals surface area (Å²) < 4.78 is 27.1. The first kappa shape index (κ1) is 20.5. The summed E-state index contributed by atoms with van der Waals surface area (Å²) >= 11 is 0. The fraction of sp³-hybridized carbons (Fsp3) is 0.875. The van der Waals surface area contributed by atoms with Crippen molar-refractivity contribution in [1.82, 2.24) is 0 Å². The van der Waals surface area contributed by atoms with E-state index in [0.717, 1.165) is 0 Å². The molecule has 0 radical (unpaired) electrons. The Hall–Kier alpha value is -0.460. The van der Waals surface area contributed by atoms with Crippen LogP contribution in [-0.4, -0.2) is 60.2 Å². The lowest BCUT2D eigenvalue weighted by Crippen LogP contribution is -2.33. The highest BCUT2D eigenvalue weighted by Crippen LogP contribution is 2.18. The topological polar surface area (TPSA) is 46.2 Å². The van der Waals surface area contributed by atoms with Gasteiger partial charge >= 0.3 is 0 Å². The van der Waals surface area contributed by atoms with E-state index in [9.17, 15) is 0 Å². The molecule has 126 valence electrons. The molecule has 0 saturated carbocycles. The summed E-state index contributed by atoms with van der Waals surface area (Å²) in [6, 6.07) is 0. The van der Waals surface area contributed by atoms with Gasteiger partial charge in [-0.25, -0.2) is 0 Å². The molecular weight excluding hydrogens is 272 g/mol. The van der Waals surface area contributed by atoms with Crippen LogP contribution in [0.25, 0.3) is 0 Å². The van der Waals surface area contributed by atoms with Crippen molar-refractivity contribution in [3.05, 3.63) is 12.2 Å². The molecule has 0 spiro atoms. The summed E-state index contributed by atoms with van der Waals surface area (Å²) in [6.45, 7) is 7.34. The zero-order valence-electron chi connectivity index (χ0n) is 14.5. The SMILES string of the molecule is CCOC(OC)C(C)C(/C=C/C(OC)C(C)COC)OC. The first-order valence-corrected chi connectivity index (χ1v) is 7.42. The van der Waals surface area contributed by atoms with Crippen molar-refractivity contribution < 1.29 is 23.7 Å². The smallest absolute Gasteiger partial charge is 0.162 e. The summed E-state index contributed by atoms with van der Waals surface area (Å²) in [4.78, 5) is 0. The van der Waals surface area contributed by atoms with E-state index in [1.165, 1.54) is 0 Å². The minimum atomic E-state index is -0.290. The van der Waals surface area contributed by atoms with Gasteiger partial charge in [0.15, 0.2) is 6.29 Å². The van der Waals surface area contributed by atoms with Crippen molar-refractivity contribution >= 4 is 0 Å². The van der Waals surface area contributed by atoms with Crippen molar-refractivity contribution in [2.45, 2.75) is 39.3 Å². The molecule has 5 heteroatoms. The predicted octanol–water partition coefficient (Wildman–Crippen LogP) is 2.50. The third-order valence-electron chi connectivity index (χ3n) is 3.54. The summed E-state index contributed by atoms with van der Waals surface area (Å²) in [7, 11) is 6.72. The van der Waals surface area contributed by atoms with E-state index in [0.29, 0.717) is 13.2 Å². The maximum Gasteiger partial charge on any atom is 0.162 e. The van der Waals surface area contributed by atoms with Crippen molar-refractivity contribution in [3.63, 3.8) is 0 Å². The molecule has 0 aromatic carbocycles. The average Bonchev–Trinajstić information content (AvgIpc) is 2.49. The van der Waals surface area contributed by atoms with E-state index in [1.54, 1.807) is 28.4 Å². The number of hydrogen-bond acceptors (Lipinski definition) is 5. The highest BCUT2D eigenvalue weighted by molar-refractivity contribution is 4.98. The molecule has 0 saturated heterocycles. The molecule has 0 bridgehead atoms. The largest absolute Gasteiger partial charge is 0.384 e. The van der Waals surface area contributed by atoms with Crippen molar-refractivity contribution in [3.8, 4) is 0 Å². The predicted molar refractivity (Wildman–Crippen MR) is 83.4 cm³/mol. The minimum absolute atomic E-state index is 0.0112. The molecule has 0 aliphatic rings. The van der Waals surface area contributed by atoms with Gasteiger partial charge in [-0.1, -0.05) is 26.0 Å². The Balaban J connectivity index is 4.74. The van der Waals surface area contributed by atoms with Gasteiger partial charge < -0.3 is 23.7 Å². The molecule has 0 aromatic heterocycles. The van der Waals surface area contributed by atoms with Crippen LogP contribution in [0, 0.1) is 11.8 Å². The summed E-state index contributed by atoms with van der Waals surface area (Å²) in [5.74, 6) is 0.348. The van der Waals surface area contributed by atoms with E-state index in [-0.39, 0.29) is 30.3 Å². The second-order valence-electron chi connectivity index (χ2n) is 5.14. The maximum atomic E-state index is 5.57. The summed E-state index contributed by atoms with van der Waals surface area (Å²) in [5.41, 5.74) is 0. The Kier molecular flexibility index (Phi) is 11.9. The second kappa shape index (κ2) is 12.1. The monoisotopic (exact) mass is 304 g/mol. The normalized spacial score (nSPS) is 19.4. The Bertz CT molecular complexity index is 269. The van der Waals surface area contributed by atoms with Gasteiger partial charge in [0.05, 0.1) is 18.8 Å². The van der Waals surface area contributed by atoms with Crippen LogP contribution in [0.15, 0.2) is 12.2 Å². The van der Waals surface area contributed by atoms with Crippen LogP contribution in [0.2, 0.25) is 0 Å². The van der Waals surface area contributed by atoms with Crippen molar-refractivity contribution in [2.75, 3.05) is 41.7 Å². The Morgan fingerprint density at radius 3 is 1.86 bits per heavy atom. The Morgan fingerprint density at radius 2 is 1.43 bits per heavy atom. The third kappa shape index (κ3) is 7.38. The van der Waals surface area contributed by atoms with Gasteiger partial charge in [0.1, 0.15) is 0 Å². The molecule has 5 unspecified atom stereocenters. The van der Waals surface area contributed by atoms with Gasteiger partial charge in [-0.15, -0.1) is 0 Å². The van der Waals surface area contributed by atoms with Gasteiger partial charge in [-0.05, 0) is 6.92 Å². The van der Waals surface area contributed by atoms with Crippen LogP contribution in [0.3, 0.4) is 0 Å². The maximum absolute atomic E-state index is 5.57. The highest BCUT2D eigenvalue weighted by atomic mass is 16.7. The zero-order valence-corrected chi connectivity index (χ0v) is 14.5. The summed E-state index contributed by atoms with van der Waals surface area (Å²) in [6.07, 6.45) is 3.63. The fourth-order valence-electron chi connectivity index (χ4n) is 2.30. The minimum Gasteiger partial charge on any atom is -0.384 e. The van der Waals surface area contributed by atoms with Crippen LogP contribution in [0.1, 0.15) is 20.8 Å². The van der Waals surface area contributed by atoms with Crippen LogP contribution in [0.4, 0.5) is 0 Å². The van der Waals surface area contributed by atoms with Crippen LogP contribution in [-0.2, 0) is 23.7 Å². The molecule has 5 nitrogen and oxygen atoms in total. The quantitative estimate of drug-likeness (QED) is 0.409. The average molecular weight is 304 g/mol. The molecule has 5 atom stereocenters. The van der Waals surface area contributed by atoms with Crippen LogP contribution < -0.4 is 0 Å². The van der Waals surface area contributed by atoms with Crippen molar-refractivity contribution in [2.24, 2.45) is 11.8 Å². The van der Waals surface area contributed by atoms with Gasteiger partial charge in [0.25, 0.3) is 0 Å². The molecule has 21 heavy (non-hydrogen) atoms. The summed E-state index contributed by atoms with van der Waals surface area (Å²) in [5, 5.41) is 0. The van der Waals surface area contributed by atoms with Gasteiger partial charge in [0.2, 0.25) is 0 Å². The van der Waals surface area contributed by atoms with Crippen LogP contribution in [0.5, 0.6) is 0 Å². The molecule has 0 rings (SSSR count). The zero-order chi connectivity index (χ0) is 16.3. The number of rotatable bonds is 12. The Labute approximate surface area is 129 Å². The lowest BCUT2D eigenvalue weighted by molar-refractivity contribution is -0.167. The van der Waals surface area contributed by atoms with E-state index < -0.39 is 0 Å². The molecule has 0 aliphatic heterocycles. The Morgan fingerprint density at radius 1 is 0.857 bits per heavy atom. The standard InChI is InChI=1S/C16H32O5/c1-8-21-16(20-7)13(3)15(19-6)10-9-14(18-5)12(2)11-17-4/h9-10,12-16H,8,11H2,1-7H3/b10-9+. The number of hydrogen-bond donors (Lipinski definition) is 0. The number of methoxy groups -OCH3 is 4. The fourth-order valence-corrected chi connectivity index (χ4v) is 2.30. The van der Waals surface area contributed by atoms with E-state index >= 15 is 0 Å². The molecule has 0 aromatic rings. The molecular formula is C16H32O5. The molecule has 0 heterocycles. The highest BCUT2D eigenvalue weighted by Gasteiger charge is 2.25. The van der Waals surface area contributed by atoms with Crippen molar-refractivity contribution in [1.29, 1.82) is 0 Å². The first-order chi connectivity index (χ1) is 10.0. The first-order valence-electron chi connectivity index (χ1n) is 7.42. The van der Waals surface area contributed by atoms with E-state index in [1.807, 2.05) is 26.0 Å². The van der Waals surface area contributed by atoms with E-state index in [4.69, 9.17) is 23.7 Å². The van der Waals surface area contributed by atoms with Gasteiger partial charge in [-0.3, -0.25) is 0 Å². The third-order valence-corrected chi connectivity index (χ3v) is 3.54. The molecule has 0 N–H and O–H groups in total. The lowest BCUT2D eigenvalue weighted by Gasteiger charge is -2.27. The van der Waals surface area contributed by atoms with Gasteiger partial charge in [-0.2, -0.15) is 0 Å². The number of ether oxygens (including phenoxy) is 5. The van der Waals surface area contributed by atoms with E-state index in [2.05, 4.69) is 6.92 Å². The van der Waals surface area contributed by atoms with Crippen LogP contribution >= 0.6 is 0 Å². The van der Waals surface area contributed by atoms with Gasteiger partial charge in [0, 0.05) is 46.9 Å². The molecule has 0 amide bonds. The second-order valence-corrected chi connectivity index (χ2v) is 5.14. The molecule has 0 aliphatic carbocycles. The lowest BCUT2D eigenvalue weighted by atomic mass is 10.00. The molecule has 0 fully saturated rings.